The molecule has 1 aromatic carbocycles. The van der Waals surface area contributed by atoms with Crippen molar-refractivity contribution in [3.63, 3.8) is 0 Å². The fourth-order valence-electron chi connectivity index (χ4n) is 2.64. The third-order valence-corrected chi connectivity index (χ3v) is 6.23. The van der Waals surface area contributed by atoms with Crippen molar-refractivity contribution in [3.8, 4) is 0 Å². The lowest BCUT2D eigenvalue weighted by atomic mass is 10.1. The average Bonchev–Trinajstić information content (AvgIpc) is 3.01. The zero-order chi connectivity index (χ0) is 17.8. The first-order valence-electron chi connectivity index (χ1n) is 7.84. The minimum atomic E-state index is -1.10. The van der Waals surface area contributed by atoms with Gasteiger partial charge in [-0.15, -0.1) is 11.3 Å². The number of carboxylic acid groups (broad SMARTS) is 2. The van der Waals surface area contributed by atoms with Crippen LogP contribution in [-0.4, -0.2) is 59.2 Å². The number of hydrogen-bond acceptors (Lipinski definition) is 7. The van der Waals surface area contributed by atoms with Crippen LogP contribution in [0.4, 0.5) is 5.69 Å². The molecule has 2 aromatic rings. The number of aromatic nitrogens is 1. The van der Waals surface area contributed by atoms with Crippen molar-refractivity contribution < 1.29 is 24.5 Å². The van der Waals surface area contributed by atoms with E-state index in [1.165, 1.54) is 23.1 Å². The van der Waals surface area contributed by atoms with E-state index in [0.717, 1.165) is 33.3 Å². The van der Waals surface area contributed by atoms with Gasteiger partial charge in [-0.3, -0.25) is 9.59 Å². The van der Waals surface area contributed by atoms with Gasteiger partial charge in [0.25, 0.3) is 0 Å². The number of thioether (sulfide) groups is 1. The minimum Gasteiger partial charge on any atom is -0.481 e. The van der Waals surface area contributed by atoms with Crippen molar-refractivity contribution in [1.82, 2.24) is 4.98 Å². The molecule has 2 heterocycles. The predicted octanol–water partition coefficient (Wildman–Crippen LogP) is 2.40. The number of carboxylic acids is 2. The molecule has 3 rings (SSSR count). The van der Waals surface area contributed by atoms with E-state index < -0.39 is 17.9 Å². The van der Waals surface area contributed by atoms with Gasteiger partial charge >= 0.3 is 11.9 Å². The van der Waals surface area contributed by atoms with Crippen LogP contribution in [0.15, 0.2) is 22.5 Å². The zero-order valence-corrected chi connectivity index (χ0v) is 15.0. The van der Waals surface area contributed by atoms with Gasteiger partial charge in [0.15, 0.2) is 4.34 Å². The summed E-state index contributed by atoms with van der Waals surface area (Å²) in [5, 5.41) is 18.0. The molecule has 25 heavy (non-hydrogen) atoms. The number of para-hydroxylation sites is 1. The van der Waals surface area contributed by atoms with Crippen molar-refractivity contribution >= 4 is 50.9 Å². The van der Waals surface area contributed by atoms with Gasteiger partial charge in [0.05, 0.1) is 35.9 Å². The maximum absolute atomic E-state index is 11.2. The van der Waals surface area contributed by atoms with Crippen LogP contribution in [-0.2, 0) is 14.3 Å². The molecule has 0 saturated carbocycles. The van der Waals surface area contributed by atoms with Crippen LogP contribution in [0.5, 0.6) is 0 Å². The van der Waals surface area contributed by atoms with E-state index in [9.17, 15) is 9.59 Å². The second-order valence-electron chi connectivity index (χ2n) is 5.65. The van der Waals surface area contributed by atoms with Gasteiger partial charge in [0.1, 0.15) is 5.52 Å². The Bertz CT molecular complexity index is 773. The fourth-order valence-corrected chi connectivity index (χ4v) is 4.82. The molecule has 0 spiro atoms. The van der Waals surface area contributed by atoms with E-state index >= 15 is 0 Å². The second kappa shape index (κ2) is 8.03. The molecule has 1 fully saturated rings. The summed E-state index contributed by atoms with van der Waals surface area (Å²) in [7, 11) is 0. The summed E-state index contributed by atoms with van der Waals surface area (Å²) < 4.78 is 7.19. The summed E-state index contributed by atoms with van der Waals surface area (Å²) in [6.45, 7) is 3.02. The van der Waals surface area contributed by atoms with Gasteiger partial charge in [-0.2, -0.15) is 0 Å². The highest BCUT2D eigenvalue weighted by molar-refractivity contribution is 8.01. The van der Waals surface area contributed by atoms with Crippen LogP contribution in [0.3, 0.4) is 0 Å². The van der Waals surface area contributed by atoms with E-state index in [0.29, 0.717) is 13.2 Å². The molecule has 1 aliphatic heterocycles. The number of benzene rings is 1. The van der Waals surface area contributed by atoms with E-state index in [1.807, 2.05) is 18.2 Å². The Balaban J connectivity index is 1.76. The first kappa shape index (κ1) is 18.0. The fraction of sp³-hybridized carbons (Fsp3) is 0.438. The smallest absolute Gasteiger partial charge is 0.307 e. The molecular weight excluding hydrogens is 364 g/mol. The van der Waals surface area contributed by atoms with Crippen molar-refractivity contribution in [1.29, 1.82) is 0 Å². The highest BCUT2D eigenvalue weighted by atomic mass is 32.2. The lowest BCUT2D eigenvalue weighted by Gasteiger charge is -2.28. The Kier molecular flexibility index (Phi) is 5.77. The standard InChI is InChI=1S/C16H18N2O5S2/c19-13(20)8-10(15(21)22)9-24-16-17-14-11(2-1-3-12(14)25-16)18-4-6-23-7-5-18/h1-3,10H,4-9H2,(H,19,20)(H,21,22). The first-order valence-corrected chi connectivity index (χ1v) is 9.64. The lowest BCUT2D eigenvalue weighted by molar-refractivity contribution is -0.147. The van der Waals surface area contributed by atoms with Crippen molar-refractivity contribution in [2.45, 2.75) is 10.8 Å². The van der Waals surface area contributed by atoms with Crippen LogP contribution < -0.4 is 4.90 Å². The third kappa shape index (κ3) is 4.42. The minimum absolute atomic E-state index is 0.189. The van der Waals surface area contributed by atoms with Crippen LogP contribution in [0, 0.1) is 5.92 Å². The van der Waals surface area contributed by atoms with Gasteiger partial charge in [0, 0.05) is 18.8 Å². The van der Waals surface area contributed by atoms with Crippen LogP contribution in [0.2, 0.25) is 0 Å². The number of nitrogens with zero attached hydrogens (tertiary/aromatic N) is 2. The topological polar surface area (TPSA) is 100.0 Å². The van der Waals surface area contributed by atoms with Gasteiger partial charge in [0.2, 0.25) is 0 Å². The lowest BCUT2D eigenvalue weighted by Crippen LogP contribution is -2.36. The Hall–Kier alpha value is -1.84. The molecule has 134 valence electrons. The van der Waals surface area contributed by atoms with Crippen molar-refractivity contribution in [2.24, 2.45) is 5.92 Å². The summed E-state index contributed by atoms with van der Waals surface area (Å²) >= 11 is 2.80. The normalized spacial score (nSPS) is 16.1. The predicted molar refractivity (Wildman–Crippen MR) is 96.8 cm³/mol. The molecule has 0 aliphatic carbocycles. The number of fused-ring (bicyclic) bond motifs is 1. The Morgan fingerprint density at radius 2 is 2.08 bits per heavy atom. The number of rotatable bonds is 7. The summed E-state index contributed by atoms with van der Waals surface area (Å²) in [5.41, 5.74) is 1.96. The number of morpholine rings is 1. The molecule has 2 N–H and O–H groups in total. The highest BCUT2D eigenvalue weighted by Gasteiger charge is 2.22. The third-order valence-electron chi connectivity index (χ3n) is 3.91. The van der Waals surface area contributed by atoms with Crippen molar-refractivity contribution in [2.75, 3.05) is 37.0 Å². The summed E-state index contributed by atoms with van der Waals surface area (Å²) in [6.07, 6.45) is -0.383. The largest absolute Gasteiger partial charge is 0.481 e. The highest BCUT2D eigenvalue weighted by Crippen LogP contribution is 2.35. The molecule has 0 bridgehead atoms. The average molecular weight is 382 g/mol. The molecule has 0 amide bonds. The van der Waals surface area contributed by atoms with Crippen LogP contribution >= 0.6 is 23.1 Å². The van der Waals surface area contributed by atoms with E-state index in [1.54, 1.807) is 0 Å². The van der Waals surface area contributed by atoms with Gasteiger partial charge in [-0.1, -0.05) is 17.8 Å². The first-order chi connectivity index (χ1) is 12.0. The number of carbonyl (C=O) groups is 2. The molecule has 7 nitrogen and oxygen atoms in total. The Morgan fingerprint density at radius 3 is 2.76 bits per heavy atom. The maximum Gasteiger partial charge on any atom is 0.307 e. The van der Waals surface area contributed by atoms with E-state index in [4.69, 9.17) is 14.9 Å². The summed E-state index contributed by atoms with van der Waals surface area (Å²) in [6, 6.07) is 6.02. The molecule has 1 saturated heterocycles. The summed E-state index contributed by atoms with van der Waals surface area (Å²) in [5.74, 6) is -2.93. The summed E-state index contributed by atoms with van der Waals surface area (Å²) in [4.78, 5) is 28.9. The molecule has 9 heteroatoms. The molecule has 1 unspecified atom stereocenters. The monoisotopic (exact) mass is 382 g/mol. The second-order valence-corrected chi connectivity index (χ2v) is 7.94. The van der Waals surface area contributed by atoms with E-state index in [2.05, 4.69) is 9.88 Å². The number of ether oxygens (including phenoxy) is 1. The molecule has 1 atom stereocenters. The number of anilines is 1. The quantitative estimate of drug-likeness (QED) is 0.704. The molecular formula is C16H18N2O5S2. The van der Waals surface area contributed by atoms with Gasteiger partial charge < -0.3 is 19.8 Å². The number of hydrogen-bond donors (Lipinski definition) is 2. The molecule has 0 radical (unpaired) electrons. The zero-order valence-electron chi connectivity index (χ0n) is 13.4. The molecule has 1 aliphatic rings. The van der Waals surface area contributed by atoms with Gasteiger partial charge in [-0.25, -0.2) is 4.98 Å². The van der Waals surface area contributed by atoms with Crippen molar-refractivity contribution in [3.05, 3.63) is 18.2 Å². The van der Waals surface area contributed by atoms with Crippen LogP contribution in [0.1, 0.15) is 6.42 Å². The van der Waals surface area contributed by atoms with Gasteiger partial charge in [-0.05, 0) is 12.1 Å². The Morgan fingerprint density at radius 1 is 1.32 bits per heavy atom. The SMILES string of the molecule is O=C(O)CC(CSc1nc2c(N3CCOCC3)cccc2s1)C(=O)O. The molecule has 1 aromatic heterocycles. The van der Waals surface area contributed by atoms with E-state index in [-0.39, 0.29) is 12.2 Å². The number of thiazole rings is 1. The van der Waals surface area contributed by atoms with Crippen LogP contribution in [0.25, 0.3) is 10.2 Å². The Labute approximate surface area is 152 Å². The maximum atomic E-state index is 11.2. The number of aliphatic carboxylic acids is 2.